The van der Waals surface area contributed by atoms with E-state index in [0.29, 0.717) is 7.92 Å². The summed E-state index contributed by atoms with van der Waals surface area (Å²) in [5, 5.41) is 0. The second-order valence-corrected chi connectivity index (χ2v) is 4.80. The van der Waals surface area contributed by atoms with Crippen molar-refractivity contribution in [2.24, 2.45) is 0 Å². The Labute approximate surface area is 46.4 Å². The first-order valence-corrected chi connectivity index (χ1v) is 4.72. The first-order chi connectivity index (χ1) is 3.30. The van der Waals surface area contributed by atoms with Gasteiger partial charge in [0.2, 0.25) is 0 Å². The lowest BCUT2D eigenvalue weighted by molar-refractivity contribution is 1.25. The van der Waals surface area contributed by atoms with Crippen LogP contribution < -0.4 is 0 Å². The summed E-state index contributed by atoms with van der Waals surface area (Å²) in [6.07, 6.45) is 5.98. The van der Waals surface area contributed by atoms with E-state index in [1.807, 2.05) is 0 Å². The Morgan fingerprint density at radius 2 is 2.43 bits per heavy atom. The van der Waals surface area contributed by atoms with Crippen molar-refractivity contribution >= 4 is 7.92 Å². The largest absolute Gasteiger partial charge is 0.0993 e. The molecule has 0 unspecified atom stereocenters. The van der Waals surface area contributed by atoms with Crippen molar-refractivity contribution < 1.29 is 0 Å². The molecule has 0 radical (unpaired) electrons. The summed E-state index contributed by atoms with van der Waals surface area (Å²) < 4.78 is 0. The van der Waals surface area contributed by atoms with Gasteiger partial charge in [0.25, 0.3) is 0 Å². The molecule has 40 valence electrons. The molecule has 0 spiro atoms. The van der Waals surface area contributed by atoms with Crippen molar-refractivity contribution in [3.8, 4) is 0 Å². The molecule has 2 atom stereocenters. The molecule has 0 nitrogen and oxygen atoms in total. The minimum atomic E-state index is 0.363. The normalized spacial score (nSPS) is 39.7. The van der Waals surface area contributed by atoms with Crippen LogP contribution in [0.5, 0.6) is 0 Å². The van der Waals surface area contributed by atoms with Crippen molar-refractivity contribution in [2.75, 3.05) is 12.8 Å². The molecule has 0 fully saturated rings. The Morgan fingerprint density at radius 1 is 1.71 bits per heavy atom. The fourth-order valence-corrected chi connectivity index (χ4v) is 1.94. The highest BCUT2D eigenvalue weighted by molar-refractivity contribution is 7.58. The van der Waals surface area contributed by atoms with E-state index in [1.165, 1.54) is 6.16 Å². The lowest BCUT2D eigenvalue weighted by Crippen LogP contribution is -1.86. The molecule has 7 heavy (non-hydrogen) atoms. The highest BCUT2D eigenvalue weighted by Crippen LogP contribution is 2.41. The van der Waals surface area contributed by atoms with Crippen LogP contribution >= 0.6 is 7.92 Å². The molecular formula is C6H11P. The minimum absolute atomic E-state index is 0.363. The molecule has 0 saturated carbocycles. The van der Waals surface area contributed by atoms with Gasteiger partial charge in [-0.2, -0.15) is 0 Å². The maximum atomic E-state index is 2.36. The van der Waals surface area contributed by atoms with E-state index < -0.39 is 0 Å². The fourth-order valence-electron chi connectivity index (χ4n) is 0.737. The average molecular weight is 114 g/mol. The van der Waals surface area contributed by atoms with E-state index in [9.17, 15) is 0 Å². The number of rotatable bonds is 0. The van der Waals surface area contributed by atoms with Gasteiger partial charge in [-0.1, -0.05) is 27.0 Å². The van der Waals surface area contributed by atoms with E-state index >= 15 is 0 Å². The summed E-state index contributed by atoms with van der Waals surface area (Å²) in [7, 11) is 0.363. The van der Waals surface area contributed by atoms with Crippen LogP contribution in [0.4, 0.5) is 0 Å². The third kappa shape index (κ3) is 1.04. The van der Waals surface area contributed by atoms with Gasteiger partial charge in [-0.15, -0.1) is 0 Å². The lowest BCUT2D eigenvalue weighted by Gasteiger charge is -2.06. The quantitative estimate of drug-likeness (QED) is 0.334. The molecule has 1 aliphatic heterocycles. The minimum Gasteiger partial charge on any atom is -0.0993 e. The predicted molar refractivity (Wildman–Crippen MR) is 36.3 cm³/mol. The standard InChI is InChI=1S/C6H11P/c1-6-4-3-5-7(6)2/h3-4,6H,5H2,1-2H3/t6-,7-/m1/s1. The van der Waals surface area contributed by atoms with Gasteiger partial charge in [-0.3, -0.25) is 0 Å². The summed E-state index contributed by atoms with van der Waals surface area (Å²) in [5.74, 6) is 0. The van der Waals surface area contributed by atoms with Crippen LogP contribution in [0, 0.1) is 0 Å². The SMILES string of the molecule is C[C@@H]1C=CC[P@@]1C. The molecule has 0 N–H and O–H groups in total. The van der Waals surface area contributed by atoms with Crippen molar-refractivity contribution in [1.82, 2.24) is 0 Å². The van der Waals surface area contributed by atoms with Crippen LogP contribution in [0.1, 0.15) is 6.92 Å². The molecule has 0 aliphatic carbocycles. The molecule has 1 heteroatoms. The van der Waals surface area contributed by atoms with E-state index in [2.05, 4.69) is 25.7 Å². The number of hydrogen-bond donors (Lipinski definition) is 0. The van der Waals surface area contributed by atoms with Crippen LogP contribution in [0.25, 0.3) is 0 Å². The molecule has 0 saturated heterocycles. The van der Waals surface area contributed by atoms with Crippen LogP contribution in [-0.4, -0.2) is 18.5 Å². The molecule has 1 rings (SSSR count). The molecule has 0 aromatic heterocycles. The maximum absolute atomic E-state index is 2.36. The van der Waals surface area contributed by atoms with Crippen molar-refractivity contribution in [1.29, 1.82) is 0 Å². The Morgan fingerprint density at radius 3 is 2.57 bits per heavy atom. The monoisotopic (exact) mass is 114 g/mol. The smallest absolute Gasteiger partial charge is 0.00575 e. The Bertz CT molecular complexity index is 86.2. The zero-order valence-corrected chi connectivity index (χ0v) is 5.78. The van der Waals surface area contributed by atoms with E-state index in [1.54, 1.807) is 0 Å². The van der Waals surface area contributed by atoms with Gasteiger partial charge in [0.05, 0.1) is 0 Å². The molecular weight excluding hydrogens is 103 g/mol. The van der Waals surface area contributed by atoms with Crippen LogP contribution in [0.3, 0.4) is 0 Å². The molecule has 1 aliphatic rings. The Balaban J connectivity index is 2.45. The van der Waals surface area contributed by atoms with Gasteiger partial charge >= 0.3 is 0 Å². The molecule has 0 bridgehead atoms. The molecule has 0 aromatic rings. The van der Waals surface area contributed by atoms with Gasteiger partial charge < -0.3 is 0 Å². The zero-order valence-electron chi connectivity index (χ0n) is 4.89. The van der Waals surface area contributed by atoms with Gasteiger partial charge in [0, 0.05) is 0 Å². The van der Waals surface area contributed by atoms with Crippen molar-refractivity contribution in [3.63, 3.8) is 0 Å². The average Bonchev–Trinajstić information content (AvgIpc) is 1.91. The van der Waals surface area contributed by atoms with Crippen LogP contribution in [0.15, 0.2) is 12.2 Å². The van der Waals surface area contributed by atoms with Crippen LogP contribution in [0.2, 0.25) is 0 Å². The first kappa shape index (κ1) is 5.31. The summed E-state index contributed by atoms with van der Waals surface area (Å²) in [4.78, 5) is 0. The van der Waals surface area contributed by atoms with E-state index in [0.717, 1.165) is 5.66 Å². The zero-order chi connectivity index (χ0) is 5.28. The van der Waals surface area contributed by atoms with E-state index in [-0.39, 0.29) is 0 Å². The predicted octanol–water partition coefficient (Wildman–Crippen LogP) is 2.06. The third-order valence-corrected chi connectivity index (χ3v) is 3.85. The molecule has 0 aromatic carbocycles. The first-order valence-electron chi connectivity index (χ1n) is 2.67. The van der Waals surface area contributed by atoms with Gasteiger partial charge in [-0.25, -0.2) is 0 Å². The van der Waals surface area contributed by atoms with E-state index in [4.69, 9.17) is 0 Å². The Kier molecular flexibility index (Phi) is 1.49. The summed E-state index contributed by atoms with van der Waals surface area (Å²) in [5.41, 5.74) is 0.898. The molecule has 0 amide bonds. The topological polar surface area (TPSA) is 0 Å². The van der Waals surface area contributed by atoms with Gasteiger partial charge in [-0.05, 0) is 18.5 Å². The number of hydrogen-bond acceptors (Lipinski definition) is 0. The second kappa shape index (κ2) is 1.96. The summed E-state index contributed by atoms with van der Waals surface area (Å²) >= 11 is 0. The third-order valence-electron chi connectivity index (χ3n) is 1.50. The molecule has 1 heterocycles. The maximum Gasteiger partial charge on any atom is -0.00575 e. The lowest BCUT2D eigenvalue weighted by atomic mass is 10.4. The summed E-state index contributed by atoms with van der Waals surface area (Å²) in [6.45, 7) is 4.66. The van der Waals surface area contributed by atoms with Gasteiger partial charge in [0.1, 0.15) is 0 Å². The number of allylic oxidation sites excluding steroid dienone is 2. The van der Waals surface area contributed by atoms with Crippen molar-refractivity contribution in [2.45, 2.75) is 12.6 Å². The second-order valence-electron chi connectivity index (χ2n) is 2.11. The van der Waals surface area contributed by atoms with Crippen LogP contribution in [-0.2, 0) is 0 Å². The van der Waals surface area contributed by atoms with Gasteiger partial charge in [0.15, 0.2) is 0 Å². The highest BCUT2D eigenvalue weighted by atomic mass is 31.1. The highest BCUT2D eigenvalue weighted by Gasteiger charge is 2.10. The fraction of sp³-hybridized carbons (Fsp3) is 0.667. The Hall–Kier alpha value is 0.170. The summed E-state index contributed by atoms with van der Waals surface area (Å²) in [6, 6.07) is 0. The van der Waals surface area contributed by atoms with Crippen molar-refractivity contribution in [3.05, 3.63) is 12.2 Å².